The first-order chi connectivity index (χ1) is 11.8. The van der Waals surface area contributed by atoms with Gasteiger partial charge < -0.3 is 23.9 Å². The van der Waals surface area contributed by atoms with E-state index in [4.69, 9.17) is 14.2 Å². The molecule has 6 nitrogen and oxygen atoms in total. The van der Waals surface area contributed by atoms with Crippen LogP contribution < -0.4 is 4.74 Å². The monoisotopic (exact) mass is 430 g/mol. The van der Waals surface area contributed by atoms with E-state index in [-0.39, 0.29) is 19.3 Å². The van der Waals surface area contributed by atoms with Crippen molar-refractivity contribution in [1.29, 1.82) is 0 Å². The van der Waals surface area contributed by atoms with E-state index in [1.165, 1.54) is 0 Å². The van der Waals surface area contributed by atoms with Crippen LogP contribution >= 0.6 is 15.9 Å². The second-order valence-electron chi connectivity index (χ2n) is 7.17. The van der Waals surface area contributed by atoms with Crippen molar-refractivity contribution in [2.75, 3.05) is 26.9 Å². The Morgan fingerprint density at radius 3 is 2.76 bits per heavy atom. The van der Waals surface area contributed by atoms with E-state index >= 15 is 0 Å². The van der Waals surface area contributed by atoms with Crippen LogP contribution in [-0.4, -0.2) is 55.8 Å². The molecule has 0 saturated heterocycles. The molecule has 0 spiro atoms. The number of hydrogen-bond donors (Lipinski definition) is 1. The molecule has 25 heavy (non-hydrogen) atoms. The van der Waals surface area contributed by atoms with Crippen LogP contribution in [0.15, 0.2) is 22.8 Å². The molecular formula is C17H27BrN2O4Si. The van der Waals surface area contributed by atoms with Crippen molar-refractivity contribution in [3.05, 3.63) is 22.8 Å². The molecule has 8 heteroatoms. The molecule has 0 aliphatic heterocycles. The predicted octanol–water partition coefficient (Wildman–Crippen LogP) is 3.50. The van der Waals surface area contributed by atoms with Crippen LogP contribution in [0.1, 0.15) is 0 Å². The Kier molecular flexibility index (Phi) is 7.45. The fourth-order valence-corrected chi connectivity index (χ4v) is 3.39. The van der Waals surface area contributed by atoms with Gasteiger partial charge in [-0.2, -0.15) is 4.98 Å². The number of methoxy groups -OCH3 is 1. The number of fused-ring (bicyclic) bond motifs is 1. The minimum absolute atomic E-state index is 0.0995. The Labute approximate surface area is 158 Å². The lowest BCUT2D eigenvalue weighted by atomic mass is 10.3. The zero-order valence-electron chi connectivity index (χ0n) is 15.3. The number of ether oxygens (including phenoxy) is 3. The van der Waals surface area contributed by atoms with Gasteiger partial charge in [-0.05, 0) is 34.1 Å². The minimum atomic E-state index is -1.09. The number of nitrogens with zero attached hydrogens (tertiary/aromatic N) is 2. The summed E-state index contributed by atoms with van der Waals surface area (Å²) in [6.45, 7) is 8.38. The third-order valence-corrected chi connectivity index (χ3v) is 6.10. The summed E-state index contributed by atoms with van der Waals surface area (Å²) in [5.41, 5.74) is 0.809. The van der Waals surface area contributed by atoms with Gasteiger partial charge in [-0.3, -0.25) is 0 Å². The van der Waals surface area contributed by atoms with E-state index in [9.17, 15) is 5.11 Å². The van der Waals surface area contributed by atoms with Crippen molar-refractivity contribution in [2.24, 2.45) is 0 Å². The van der Waals surface area contributed by atoms with Gasteiger partial charge in [0.2, 0.25) is 5.88 Å². The van der Waals surface area contributed by atoms with Crippen molar-refractivity contribution in [3.8, 4) is 5.88 Å². The number of aliphatic hydroxyl groups excluding tert-OH is 1. The number of aromatic nitrogens is 2. The molecule has 2 aromatic heterocycles. The Balaban J connectivity index is 2.06. The molecule has 0 saturated carbocycles. The second kappa shape index (κ2) is 9.13. The number of aliphatic hydroxyl groups is 1. The fraction of sp³-hybridized carbons (Fsp3) is 0.588. The lowest BCUT2D eigenvalue weighted by Crippen LogP contribution is -2.24. The molecule has 0 aromatic carbocycles. The molecule has 0 bridgehead atoms. The highest BCUT2D eigenvalue weighted by Gasteiger charge is 2.14. The second-order valence-corrected chi connectivity index (χ2v) is 13.6. The standard InChI is InChI=1S/C17H27BrN2O4Si/c1-22-14(10-21)11-24-17-15(18)9-13-5-6-20(16(13)19-17)12-23-7-8-25(2,3)4/h5-6,9,14,21H,7-8,10-12H2,1-4H3. The number of halogens is 1. The van der Waals surface area contributed by atoms with Crippen LogP contribution in [0.3, 0.4) is 0 Å². The van der Waals surface area contributed by atoms with Gasteiger partial charge in [-0.15, -0.1) is 0 Å². The molecule has 0 radical (unpaired) electrons. The minimum Gasteiger partial charge on any atom is -0.474 e. The third-order valence-electron chi connectivity index (χ3n) is 3.83. The zero-order chi connectivity index (χ0) is 18.4. The van der Waals surface area contributed by atoms with Gasteiger partial charge in [-0.25, -0.2) is 0 Å². The molecule has 0 amide bonds. The quantitative estimate of drug-likeness (QED) is 0.461. The summed E-state index contributed by atoms with van der Waals surface area (Å²) in [6, 6.07) is 5.11. The molecule has 1 unspecified atom stereocenters. The summed E-state index contributed by atoms with van der Waals surface area (Å²) in [5, 5.41) is 10.2. The van der Waals surface area contributed by atoms with E-state index in [0.717, 1.165) is 28.2 Å². The summed E-state index contributed by atoms with van der Waals surface area (Å²) in [7, 11) is 0.454. The maximum Gasteiger partial charge on any atom is 0.230 e. The SMILES string of the molecule is COC(CO)COc1nc2c(ccn2COCC[Si](C)(C)C)cc1Br. The summed E-state index contributed by atoms with van der Waals surface area (Å²) in [4.78, 5) is 4.59. The number of pyridine rings is 1. The topological polar surface area (TPSA) is 65.7 Å². The van der Waals surface area contributed by atoms with Crippen molar-refractivity contribution in [2.45, 2.75) is 38.5 Å². The highest BCUT2D eigenvalue weighted by atomic mass is 79.9. The summed E-state index contributed by atoms with van der Waals surface area (Å²) >= 11 is 3.48. The Morgan fingerprint density at radius 1 is 1.36 bits per heavy atom. The molecule has 1 N–H and O–H groups in total. The highest BCUT2D eigenvalue weighted by molar-refractivity contribution is 9.10. The highest BCUT2D eigenvalue weighted by Crippen LogP contribution is 2.28. The Morgan fingerprint density at radius 2 is 2.12 bits per heavy atom. The largest absolute Gasteiger partial charge is 0.474 e. The smallest absolute Gasteiger partial charge is 0.230 e. The van der Waals surface area contributed by atoms with Gasteiger partial charge in [0.15, 0.2) is 0 Å². The molecule has 140 valence electrons. The number of hydrogen-bond acceptors (Lipinski definition) is 5. The van der Waals surface area contributed by atoms with Crippen LogP contribution in [-0.2, 0) is 16.2 Å². The fourth-order valence-electron chi connectivity index (χ4n) is 2.18. The normalized spacial score (nSPS) is 13.4. The first-order valence-corrected chi connectivity index (χ1v) is 12.8. The van der Waals surface area contributed by atoms with Crippen LogP contribution in [0.25, 0.3) is 11.0 Å². The maximum atomic E-state index is 9.18. The number of rotatable bonds is 10. The third kappa shape index (κ3) is 6.07. The van der Waals surface area contributed by atoms with E-state index in [2.05, 4.69) is 40.6 Å². The van der Waals surface area contributed by atoms with Gasteiger partial charge >= 0.3 is 0 Å². The van der Waals surface area contributed by atoms with Crippen LogP contribution in [0.5, 0.6) is 5.88 Å². The molecular weight excluding hydrogens is 404 g/mol. The average Bonchev–Trinajstić information content (AvgIpc) is 2.93. The van der Waals surface area contributed by atoms with Crippen molar-refractivity contribution < 1.29 is 19.3 Å². The lowest BCUT2D eigenvalue weighted by molar-refractivity contribution is 0.0151. The van der Waals surface area contributed by atoms with E-state index in [1.807, 2.05) is 22.9 Å². The van der Waals surface area contributed by atoms with Gasteiger partial charge in [0.05, 0.1) is 11.1 Å². The van der Waals surface area contributed by atoms with Crippen LogP contribution in [0.2, 0.25) is 25.7 Å². The Hall–Kier alpha value is -0.933. The predicted molar refractivity (Wildman–Crippen MR) is 105 cm³/mol. The molecule has 0 fully saturated rings. The van der Waals surface area contributed by atoms with Gasteiger partial charge in [0, 0.05) is 33.4 Å². The van der Waals surface area contributed by atoms with E-state index in [0.29, 0.717) is 12.6 Å². The Bertz CT molecular complexity index is 683. The van der Waals surface area contributed by atoms with Crippen LogP contribution in [0.4, 0.5) is 0 Å². The first kappa shape index (κ1) is 20.4. The molecule has 0 aliphatic rings. The molecule has 2 rings (SSSR count). The van der Waals surface area contributed by atoms with Gasteiger partial charge in [-0.1, -0.05) is 19.6 Å². The van der Waals surface area contributed by atoms with Crippen molar-refractivity contribution in [3.63, 3.8) is 0 Å². The van der Waals surface area contributed by atoms with Crippen molar-refractivity contribution in [1.82, 2.24) is 9.55 Å². The van der Waals surface area contributed by atoms with Crippen molar-refractivity contribution >= 4 is 35.0 Å². The van der Waals surface area contributed by atoms with Gasteiger partial charge in [0.25, 0.3) is 0 Å². The van der Waals surface area contributed by atoms with Gasteiger partial charge in [0.1, 0.15) is 25.1 Å². The maximum absolute atomic E-state index is 9.18. The van der Waals surface area contributed by atoms with E-state index < -0.39 is 8.07 Å². The summed E-state index contributed by atoms with van der Waals surface area (Å²) < 4.78 is 19.4. The molecule has 0 aliphatic carbocycles. The van der Waals surface area contributed by atoms with E-state index in [1.54, 1.807) is 7.11 Å². The molecule has 2 heterocycles. The summed E-state index contributed by atoms with van der Waals surface area (Å²) in [6.07, 6.45) is 1.59. The first-order valence-electron chi connectivity index (χ1n) is 8.33. The molecule has 1 atom stereocenters. The lowest BCUT2D eigenvalue weighted by Gasteiger charge is -2.16. The van der Waals surface area contributed by atoms with Crippen LogP contribution in [0, 0.1) is 0 Å². The molecule has 2 aromatic rings. The average molecular weight is 431 g/mol. The zero-order valence-corrected chi connectivity index (χ0v) is 17.9. The summed E-state index contributed by atoms with van der Waals surface area (Å²) in [5.74, 6) is 0.477.